The monoisotopic (exact) mass is 472 g/mol. The highest BCUT2D eigenvalue weighted by Gasteiger charge is 2.23. The Balaban J connectivity index is 1.35. The average molecular weight is 473 g/mol. The van der Waals surface area contributed by atoms with E-state index in [2.05, 4.69) is 91.0 Å². The van der Waals surface area contributed by atoms with E-state index in [1.807, 2.05) is 30.3 Å². The summed E-state index contributed by atoms with van der Waals surface area (Å²) in [5.41, 5.74) is 7.92. The van der Waals surface area contributed by atoms with Crippen molar-refractivity contribution >= 4 is 43.5 Å². The molecule has 8 rings (SSSR count). The first kappa shape index (κ1) is 20.2. The van der Waals surface area contributed by atoms with Crippen LogP contribution in [-0.2, 0) is 0 Å². The third-order valence-electron chi connectivity index (χ3n) is 7.25. The van der Waals surface area contributed by atoms with E-state index >= 15 is 0 Å². The number of nitrogens with zero attached hydrogens (tertiary/aromatic N) is 2. The molecular formula is C34H20N2O. The lowest BCUT2D eigenvalue weighted by Gasteiger charge is -2.13. The lowest BCUT2D eigenvalue weighted by atomic mass is 9.96. The average Bonchev–Trinajstić information content (AvgIpc) is 3.37. The molecule has 0 N–H and O–H groups in total. The van der Waals surface area contributed by atoms with E-state index in [0.717, 1.165) is 66.6 Å². The van der Waals surface area contributed by atoms with Gasteiger partial charge in [0.1, 0.15) is 11.3 Å². The first-order chi connectivity index (χ1) is 18.3. The van der Waals surface area contributed by atoms with Gasteiger partial charge in [-0.25, -0.2) is 9.97 Å². The molecule has 3 heterocycles. The maximum absolute atomic E-state index is 6.55. The molecule has 0 atom stereocenters. The van der Waals surface area contributed by atoms with Crippen LogP contribution >= 0.6 is 0 Å². The van der Waals surface area contributed by atoms with Gasteiger partial charge in [-0.2, -0.15) is 0 Å². The van der Waals surface area contributed by atoms with Crippen LogP contribution in [0.1, 0.15) is 0 Å². The molecule has 172 valence electrons. The second kappa shape index (κ2) is 7.74. The standard InChI is InChI=1S/C34H20N2O/c1-2-11-25-23(9-1)24-10-3-6-14-28(24)35-32(25)21-17-19-22(20-18-21)34-31-26-12-4-7-15-29(26)36-33(31)27-13-5-8-16-30(27)37-34/h1-20H. The van der Waals surface area contributed by atoms with Crippen LogP contribution in [0.25, 0.3) is 77.4 Å². The maximum Gasteiger partial charge on any atom is 0.144 e. The van der Waals surface area contributed by atoms with E-state index < -0.39 is 0 Å². The van der Waals surface area contributed by atoms with Crippen molar-refractivity contribution in [3.8, 4) is 33.8 Å². The van der Waals surface area contributed by atoms with Gasteiger partial charge in [-0.05, 0) is 29.7 Å². The molecule has 3 heteroatoms. The Morgan fingerprint density at radius 2 is 0.946 bits per heavy atom. The Hall–Kier alpha value is -5.02. The van der Waals surface area contributed by atoms with Gasteiger partial charge in [0, 0.05) is 32.7 Å². The third-order valence-corrected chi connectivity index (χ3v) is 7.25. The van der Waals surface area contributed by atoms with Crippen molar-refractivity contribution in [1.29, 1.82) is 0 Å². The van der Waals surface area contributed by atoms with Crippen LogP contribution in [0.4, 0.5) is 0 Å². The summed E-state index contributed by atoms with van der Waals surface area (Å²) in [7, 11) is 0. The summed E-state index contributed by atoms with van der Waals surface area (Å²) in [4.78, 5) is 10.1. The molecule has 5 aromatic carbocycles. The van der Waals surface area contributed by atoms with Crippen molar-refractivity contribution in [2.24, 2.45) is 0 Å². The molecule has 37 heavy (non-hydrogen) atoms. The Labute approximate surface area is 213 Å². The molecular weight excluding hydrogens is 452 g/mol. The largest absolute Gasteiger partial charge is 0.455 e. The Morgan fingerprint density at radius 1 is 0.405 bits per heavy atom. The second-order valence-corrected chi connectivity index (χ2v) is 9.38. The summed E-state index contributed by atoms with van der Waals surface area (Å²) < 4.78 is 6.55. The molecule has 2 aliphatic heterocycles. The van der Waals surface area contributed by atoms with Gasteiger partial charge in [-0.15, -0.1) is 0 Å². The van der Waals surface area contributed by atoms with Crippen LogP contribution in [0.15, 0.2) is 126 Å². The van der Waals surface area contributed by atoms with Crippen LogP contribution in [0.3, 0.4) is 0 Å². The summed E-state index contributed by atoms with van der Waals surface area (Å²) >= 11 is 0. The number of rotatable bonds is 2. The molecule has 1 aromatic heterocycles. The Bertz CT molecular complexity index is 2090. The molecule has 0 bridgehead atoms. The predicted molar refractivity (Wildman–Crippen MR) is 152 cm³/mol. The van der Waals surface area contributed by atoms with Crippen molar-refractivity contribution in [3.05, 3.63) is 121 Å². The lowest BCUT2D eigenvalue weighted by molar-refractivity contribution is 0.622. The second-order valence-electron chi connectivity index (χ2n) is 9.38. The lowest BCUT2D eigenvalue weighted by Crippen LogP contribution is -1.91. The van der Waals surface area contributed by atoms with Crippen molar-refractivity contribution in [3.63, 3.8) is 0 Å². The fourth-order valence-corrected chi connectivity index (χ4v) is 5.53. The van der Waals surface area contributed by atoms with Gasteiger partial charge < -0.3 is 4.42 Å². The zero-order chi connectivity index (χ0) is 24.3. The Kier molecular flexibility index (Phi) is 4.23. The van der Waals surface area contributed by atoms with Gasteiger partial charge in [-0.1, -0.05) is 97.1 Å². The highest BCUT2D eigenvalue weighted by Crippen LogP contribution is 2.44. The zero-order valence-electron chi connectivity index (χ0n) is 19.8. The SMILES string of the molecule is c1ccc2c3c(-c4ccc(-c5nc6ccccc6c6ccccc56)cc4)oc4ccccc4c-3nc2c1. The number of hydrogen-bond acceptors (Lipinski definition) is 3. The summed E-state index contributed by atoms with van der Waals surface area (Å²) in [6, 6.07) is 41.8. The van der Waals surface area contributed by atoms with Crippen LogP contribution in [-0.4, -0.2) is 9.97 Å². The molecule has 6 aromatic rings. The van der Waals surface area contributed by atoms with E-state index in [9.17, 15) is 0 Å². The minimum Gasteiger partial charge on any atom is -0.455 e. The van der Waals surface area contributed by atoms with E-state index in [1.54, 1.807) is 0 Å². The topological polar surface area (TPSA) is 38.9 Å². The minimum atomic E-state index is 0.832. The van der Waals surface area contributed by atoms with Crippen LogP contribution < -0.4 is 0 Å². The number of fused-ring (bicyclic) bond motifs is 8. The summed E-state index contributed by atoms with van der Waals surface area (Å²) in [6.07, 6.45) is 0. The van der Waals surface area contributed by atoms with Gasteiger partial charge in [0.2, 0.25) is 0 Å². The maximum atomic E-state index is 6.55. The minimum absolute atomic E-state index is 0.832. The highest BCUT2D eigenvalue weighted by molar-refractivity contribution is 6.12. The summed E-state index contributed by atoms with van der Waals surface area (Å²) in [5.74, 6) is 0.838. The van der Waals surface area contributed by atoms with Crippen molar-refractivity contribution in [2.45, 2.75) is 0 Å². The van der Waals surface area contributed by atoms with E-state index in [4.69, 9.17) is 14.4 Å². The molecule has 0 saturated carbocycles. The van der Waals surface area contributed by atoms with Crippen molar-refractivity contribution in [2.75, 3.05) is 0 Å². The van der Waals surface area contributed by atoms with Crippen LogP contribution in [0.5, 0.6) is 0 Å². The van der Waals surface area contributed by atoms with E-state index in [0.29, 0.717) is 0 Å². The molecule has 0 radical (unpaired) electrons. The number of para-hydroxylation sites is 3. The Morgan fingerprint density at radius 3 is 1.73 bits per heavy atom. The molecule has 0 unspecified atom stereocenters. The first-order valence-electron chi connectivity index (χ1n) is 12.4. The summed E-state index contributed by atoms with van der Waals surface area (Å²) in [5, 5.41) is 5.67. The highest BCUT2D eigenvalue weighted by atomic mass is 16.3. The van der Waals surface area contributed by atoms with Gasteiger partial charge >= 0.3 is 0 Å². The molecule has 0 amide bonds. The first-order valence-corrected chi connectivity index (χ1v) is 12.4. The third kappa shape index (κ3) is 3.01. The normalized spacial score (nSPS) is 11.8. The number of aromatic nitrogens is 2. The molecule has 2 aliphatic rings. The van der Waals surface area contributed by atoms with Crippen LogP contribution in [0.2, 0.25) is 0 Å². The van der Waals surface area contributed by atoms with Gasteiger partial charge in [0.05, 0.1) is 28.0 Å². The van der Waals surface area contributed by atoms with E-state index in [1.165, 1.54) is 10.8 Å². The molecule has 0 fully saturated rings. The van der Waals surface area contributed by atoms with Crippen molar-refractivity contribution in [1.82, 2.24) is 9.97 Å². The number of pyridine rings is 1. The molecule has 3 nitrogen and oxygen atoms in total. The molecule has 0 spiro atoms. The summed E-state index contributed by atoms with van der Waals surface area (Å²) in [6.45, 7) is 0. The molecule has 0 aliphatic carbocycles. The smallest absolute Gasteiger partial charge is 0.144 e. The zero-order valence-corrected chi connectivity index (χ0v) is 19.8. The molecule has 0 saturated heterocycles. The van der Waals surface area contributed by atoms with Gasteiger partial charge in [0.25, 0.3) is 0 Å². The van der Waals surface area contributed by atoms with Gasteiger partial charge in [-0.3, -0.25) is 0 Å². The predicted octanol–water partition coefficient (Wildman–Crippen LogP) is 9.12. The number of hydrogen-bond donors (Lipinski definition) is 0. The van der Waals surface area contributed by atoms with Crippen molar-refractivity contribution < 1.29 is 4.42 Å². The van der Waals surface area contributed by atoms with Crippen LogP contribution in [0, 0.1) is 0 Å². The quantitative estimate of drug-likeness (QED) is 0.236. The fourth-order valence-electron chi connectivity index (χ4n) is 5.53. The fraction of sp³-hybridized carbons (Fsp3) is 0. The van der Waals surface area contributed by atoms with Gasteiger partial charge in [0.15, 0.2) is 0 Å². The van der Waals surface area contributed by atoms with E-state index in [-0.39, 0.29) is 0 Å². The number of benzene rings is 5.